The van der Waals surface area contributed by atoms with Gasteiger partial charge in [-0.1, -0.05) is 27.7 Å². The predicted octanol–water partition coefficient (Wildman–Crippen LogP) is -0.0148. The number of hydrogen-bond donors (Lipinski definition) is 6. The van der Waals surface area contributed by atoms with E-state index in [0.717, 1.165) is 12.8 Å². The summed E-state index contributed by atoms with van der Waals surface area (Å²) in [7, 11) is 0. The lowest BCUT2D eigenvalue weighted by atomic mass is 9.87. The second-order valence-electron chi connectivity index (χ2n) is 9.82. The van der Waals surface area contributed by atoms with Gasteiger partial charge in [0.15, 0.2) is 0 Å². The van der Waals surface area contributed by atoms with Crippen LogP contribution >= 0.6 is 0 Å². The summed E-state index contributed by atoms with van der Waals surface area (Å²) in [6, 6.07) is 0. The first kappa shape index (κ1) is 20.5. The molecule has 26 heavy (non-hydrogen) atoms. The van der Waals surface area contributed by atoms with Crippen LogP contribution in [0.15, 0.2) is 0 Å². The van der Waals surface area contributed by atoms with E-state index in [9.17, 15) is 25.5 Å². The third kappa shape index (κ3) is 2.60. The molecule has 152 valence electrons. The van der Waals surface area contributed by atoms with Gasteiger partial charge in [-0.05, 0) is 42.4 Å². The van der Waals surface area contributed by atoms with Crippen LogP contribution in [-0.2, 0) is 0 Å². The van der Waals surface area contributed by atoms with Crippen molar-refractivity contribution in [2.24, 2.45) is 46.3 Å². The molecule has 4 rings (SSSR count). The van der Waals surface area contributed by atoms with Gasteiger partial charge in [-0.25, -0.2) is 0 Å². The van der Waals surface area contributed by atoms with E-state index in [4.69, 9.17) is 5.11 Å². The molecule has 6 nitrogen and oxygen atoms in total. The van der Waals surface area contributed by atoms with Crippen LogP contribution < -0.4 is 0 Å². The Hall–Kier alpha value is -0.240. The van der Waals surface area contributed by atoms with Gasteiger partial charge in [-0.15, -0.1) is 0 Å². The van der Waals surface area contributed by atoms with Crippen LogP contribution in [0.3, 0.4) is 0 Å². The first-order valence-electron chi connectivity index (χ1n) is 10.0. The zero-order chi connectivity index (χ0) is 19.6. The largest absolute Gasteiger partial charge is 0.396 e. The quantitative estimate of drug-likeness (QED) is 0.413. The van der Waals surface area contributed by atoms with Crippen molar-refractivity contribution in [3.8, 4) is 0 Å². The number of rotatable bonds is 4. The number of fused-ring (bicyclic) bond motifs is 2. The van der Waals surface area contributed by atoms with Gasteiger partial charge in [-0.2, -0.15) is 0 Å². The fourth-order valence-electron chi connectivity index (χ4n) is 6.38. The summed E-state index contributed by atoms with van der Waals surface area (Å²) < 4.78 is 0. The van der Waals surface area contributed by atoms with E-state index >= 15 is 0 Å². The van der Waals surface area contributed by atoms with E-state index in [1.54, 1.807) is 0 Å². The summed E-state index contributed by atoms with van der Waals surface area (Å²) in [5, 5.41) is 57.3. The molecule has 0 saturated heterocycles. The molecule has 0 aliphatic heterocycles. The molecular weight excluding hydrogens is 336 g/mol. The smallest absolute Gasteiger partial charge is 0.0882 e. The van der Waals surface area contributed by atoms with Crippen LogP contribution in [0, 0.1) is 46.3 Å². The molecule has 0 aromatic carbocycles. The zero-order valence-corrected chi connectivity index (χ0v) is 16.3. The Morgan fingerprint density at radius 1 is 0.846 bits per heavy atom. The van der Waals surface area contributed by atoms with Gasteiger partial charge < -0.3 is 30.6 Å². The molecule has 4 fully saturated rings. The second kappa shape index (κ2) is 6.68. The van der Waals surface area contributed by atoms with Crippen molar-refractivity contribution in [1.82, 2.24) is 0 Å². The third-order valence-electron chi connectivity index (χ3n) is 8.23. The molecule has 6 heteroatoms. The van der Waals surface area contributed by atoms with E-state index < -0.39 is 24.4 Å². The Balaban J connectivity index is 0.000000151. The molecule has 0 bridgehead atoms. The molecule has 4 aliphatic rings. The first-order valence-corrected chi connectivity index (χ1v) is 10.0. The second-order valence-corrected chi connectivity index (χ2v) is 9.82. The minimum absolute atomic E-state index is 0.00262. The predicted molar refractivity (Wildman–Crippen MR) is 95.9 cm³/mol. The average Bonchev–Trinajstić information content (AvgIpc) is 3.46. The summed E-state index contributed by atoms with van der Waals surface area (Å²) in [5.41, 5.74) is -0.443. The maximum Gasteiger partial charge on any atom is 0.0882 e. The maximum atomic E-state index is 9.87. The normalized spacial score (nSPS) is 54.0. The van der Waals surface area contributed by atoms with Gasteiger partial charge in [0.05, 0.1) is 31.0 Å². The summed E-state index contributed by atoms with van der Waals surface area (Å²) in [5.74, 6) is 1.51. The molecule has 0 spiro atoms. The highest BCUT2D eigenvalue weighted by molar-refractivity contribution is 5.20. The molecule has 6 N–H and O–H groups in total. The molecule has 10 unspecified atom stereocenters. The monoisotopic (exact) mass is 372 g/mol. The van der Waals surface area contributed by atoms with Crippen molar-refractivity contribution in [2.75, 3.05) is 13.2 Å². The lowest BCUT2D eigenvalue weighted by Crippen LogP contribution is -2.36. The standard InChI is InChI=1S/2C10H18O3/c1-5(2)10-3-7(10)6(4-11)8(12)9(10)13;1-5(2)7-6-3-10(6,4-11)9(13)8(7)12/h2*5-9,11-13H,3-4H2,1-2H3. The topological polar surface area (TPSA) is 121 Å². The lowest BCUT2D eigenvalue weighted by Gasteiger charge is -2.25. The molecule has 0 aromatic rings. The van der Waals surface area contributed by atoms with Gasteiger partial charge in [-0.3, -0.25) is 0 Å². The molecule has 0 heterocycles. The van der Waals surface area contributed by atoms with Crippen molar-refractivity contribution in [3.63, 3.8) is 0 Å². The zero-order valence-electron chi connectivity index (χ0n) is 16.3. The molecule has 10 atom stereocenters. The van der Waals surface area contributed by atoms with E-state index in [0.29, 0.717) is 23.7 Å². The van der Waals surface area contributed by atoms with E-state index in [2.05, 4.69) is 27.7 Å². The van der Waals surface area contributed by atoms with Gasteiger partial charge in [0, 0.05) is 23.4 Å². The van der Waals surface area contributed by atoms with Crippen LogP contribution in [-0.4, -0.2) is 68.3 Å². The Morgan fingerprint density at radius 3 is 1.77 bits per heavy atom. The fraction of sp³-hybridized carbons (Fsp3) is 1.00. The number of aliphatic hydroxyl groups excluding tert-OH is 6. The van der Waals surface area contributed by atoms with Crippen LogP contribution in [0.5, 0.6) is 0 Å². The summed E-state index contributed by atoms with van der Waals surface area (Å²) in [6.45, 7) is 8.29. The molecule has 4 saturated carbocycles. The lowest BCUT2D eigenvalue weighted by molar-refractivity contribution is -0.0389. The van der Waals surface area contributed by atoms with Crippen molar-refractivity contribution in [1.29, 1.82) is 0 Å². The maximum absolute atomic E-state index is 9.87. The van der Waals surface area contributed by atoms with E-state index in [-0.39, 0.29) is 35.9 Å². The van der Waals surface area contributed by atoms with Gasteiger partial charge in [0.25, 0.3) is 0 Å². The Bertz CT molecular complexity index is 524. The van der Waals surface area contributed by atoms with Crippen LogP contribution in [0.25, 0.3) is 0 Å². The molecule has 0 amide bonds. The van der Waals surface area contributed by atoms with Crippen molar-refractivity contribution < 1.29 is 30.6 Å². The average molecular weight is 373 g/mol. The van der Waals surface area contributed by atoms with Crippen molar-refractivity contribution >= 4 is 0 Å². The van der Waals surface area contributed by atoms with Crippen molar-refractivity contribution in [3.05, 3.63) is 0 Å². The van der Waals surface area contributed by atoms with E-state index in [1.807, 2.05) is 0 Å². The highest BCUT2D eigenvalue weighted by Crippen LogP contribution is 2.69. The Morgan fingerprint density at radius 2 is 1.46 bits per heavy atom. The van der Waals surface area contributed by atoms with Crippen LogP contribution in [0.4, 0.5) is 0 Å². The molecule has 0 aromatic heterocycles. The number of hydrogen-bond acceptors (Lipinski definition) is 6. The van der Waals surface area contributed by atoms with Gasteiger partial charge >= 0.3 is 0 Å². The SMILES string of the molecule is CC(C)C12CC1C(CO)C(O)C2O.CC(C)C1C(O)C(O)C2(CO)CC12. The molecule has 0 radical (unpaired) electrons. The third-order valence-corrected chi connectivity index (χ3v) is 8.23. The van der Waals surface area contributed by atoms with Crippen LogP contribution in [0.2, 0.25) is 0 Å². The summed E-state index contributed by atoms with van der Waals surface area (Å²) in [6.07, 6.45) is -0.847. The minimum atomic E-state index is -0.717. The summed E-state index contributed by atoms with van der Waals surface area (Å²) in [4.78, 5) is 0. The van der Waals surface area contributed by atoms with Crippen LogP contribution in [0.1, 0.15) is 40.5 Å². The Labute approximate surface area is 155 Å². The minimum Gasteiger partial charge on any atom is -0.396 e. The van der Waals surface area contributed by atoms with Gasteiger partial charge in [0.1, 0.15) is 0 Å². The first-order chi connectivity index (χ1) is 12.1. The van der Waals surface area contributed by atoms with Crippen molar-refractivity contribution in [2.45, 2.75) is 65.0 Å². The highest BCUT2D eigenvalue weighted by atomic mass is 16.3. The number of aliphatic hydroxyl groups is 6. The van der Waals surface area contributed by atoms with Gasteiger partial charge in [0.2, 0.25) is 0 Å². The summed E-state index contributed by atoms with van der Waals surface area (Å²) >= 11 is 0. The molecule has 4 aliphatic carbocycles. The highest BCUT2D eigenvalue weighted by Gasteiger charge is 2.71. The fourth-order valence-corrected chi connectivity index (χ4v) is 6.38. The molecular formula is C20H36O6. The van der Waals surface area contributed by atoms with E-state index in [1.165, 1.54) is 0 Å². The Kier molecular flexibility index (Phi) is 5.26.